The summed E-state index contributed by atoms with van der Waals surface area (Å²) in [4.78, 5) is 23.7. The molecule has 2 amide bonds. The monoisotopic (exact) mass is 254 g/mol. The maximum Gasteiger partial charge on any atom is 0.329 e. The molecule has 0 radical (unpaired) electrons. The highest BCUT2D eigenvalue weighted by molar-refractivity contribution is 5.75. The van der Waals surface area contributed by atoms with Crippen LogP contribution >= 0.6 is 0 Å². The predicted octanol–water partition coefficient (Wildman–Crippen LogP) is 0.283. The van der Waals surface area contributed by atoms with Crippen molar-refractivity contribution in [1.82, 2.24) is 10.2 Å². The zero-order valence-electron chi connectivity index (χ0n) is 10.4. The Morgan fingerprint density at radius 2 is 2.17 bits per heavy atom. The largest absolute Gasteiger partial charge is 0.480 e. The van der Waals surface area contributed by atoms with Crippen LogP contribution in [0.15, 0.2) is 0 Å². The molecule has 0 aromatic rings. The van der Waals surface area contributed by atoms with E-state index in [0.717, 1.165) is 0 Å². The standard InChI is InChI=1S/C12H18N2O4/c1-3-9(2)13-12(17)14-6-4-10(5-7-14)18-8-11(15)16/h1,9-10H,4-8H2,2H3,(H,13,17)(H,15,16). The molecular formula is C12H18N2O4. The van der Waals surface area contributed by atoms with Gasteiger partial charge in [-0.3, -0.25) is 0 Å². The number of hydrogen-bond acceptors (Lipinski definition) is 3. The lowest BCUT2D eigenvalue weighted by Gasteiger charge is -2.32. The lowest BCUT2D eigenvalue weighted by atomic mass is 10.1. The van der Waals surface area contributed by atoms with Crippen molar-refractivity contribution < 1.29 is 19.4 Å². The van der Waals surface area contributed by atoms with Crippen LogP contribution in [0.4, 0.5) is 4.79 Å². The van der Waals surface area contributed by atoms with Crippen LogP contribution in [0.5, 0.6) is 0 Å². The molecule has 1 aliphatic heterocycles. The zero-order valence-corrected chi connectivity index (χ0v) is 10.4. The number of aliphatic carboxylic acids is 1. The van der Waals surface area contributed by atoms with E-state index in [0.29, 0.717) is 25.9 Å². The van der Waals surface area contributed by atoms with Crippen molar-refractivity contribution in [2.45, 2.75) is 31.9 Å². The number of nitrogens with one attached hydrogen (secondary N) is 1. The molecule has 1 aliphatic rings. The van der Waals surface area contributed by atoms with E-state index in [1.54, 1.807) is 11.8 Å². The van der Waals surface area contributed by atoms with Crippen LogP contribution in [-0.4, -0.2) is 53.8 Å². The summed E-state index contributed by atoms with van der Waals surface area (Å²) in [6.45, 7) is 2.55. The molecule has 0 aromatic heterocycles. The highest BCUT2D eigenvalue weighted by Crippen LogP contribution is 2.13. The molecule has 1 fully saturated rings. The second kappa shape index (κ2) is 6.87. The summed E-state index contributed by atoms with van der Waals surface area (Å²) in [7, 11) is 0. The molecule has 0 bridgehead atoms. The fourth-order valence-corrected chi connectivity index (χ4v) is 1.73. The van der Waals surface area contributed by atoms with E-state index >= 15 is 0 Å². The topological polar surface area (TPSA) is 78.9 Å². The average molecular weight is 254 g/mol. The molecule has 1 atom stereocenters. The Bertz CT molecular complexity index is 342. The van der Waals surface area contributed by atoms with Crippen molar-refractivity contribution in [3.63, 3.8) is 0 Å². The first-order chi connectivity index (χ1) is 8.52. The molecule has 2 N–H and O–H groups in total. The lowest BCUT2D eigenvalue weighted by Crippen LogP contribution is -2.48. The van der Waals surface area contributed by atoms with E-state index in [1.807, 2.05) is 0 Å². The van der Waals surface area contributed by atoms with E-state index < -0.39 is 5.97 Å². The second-order valence-corrected chi connectivity index (χ2v) is 4.23. The van der Waals surface area contributed by atoms with Gasteiger partial charge in [0.2, 0.25) is 0 Å². The van der Waals surface area contributed by atoms with Crippen LogP contribution in [-0.2, 0) is 9.53 Å². The molecule has 1 heterocycles. The molecule has 1 unspecified atom stereocenters. The van der Waals surface area contributed by atoms with Gasteiger partial charge in [0.15, 0.2) is 0 Å². The first-order valence-electron chi connectivity index (χ1n) is 5.88. The first kappa shape index (κ1) is 14.3. The number of ether oxygens (including phenoxy) is 1. The fraction of sp³-hybridized carbons (Fsp3) is 0.667. The predicted molar refractivity (Wildman–Crippen MR) is 65.0 cm³/mol. The number of carbonyl (C=O) groups is 2. The summed E-state index contributed by atoms with van der Waals surface area (Å²) >= 11 is 0. The Labute approximate surface area is 106 Å². The molecule has 1 saturated heterocycles. The molecule has 18 heavy (non-hydrogen) atoms. The highest BCUT2D eigenvalue weighted by Gasteiger charge is 2.24. The molecule has 0 aromatic carbocycles. The molecule has 6 heteroatoms. The number of carboxylic acids is 1. The SMILES string of the molecule is C#CC(C)NC(=O)N1CCC(OCC(=O)O)CC1. The van der Waals surface area contributed by atoms with Crippen molar-refractivity contribution in [2.24, 2.45) is 0 Å². The smallest absolute Gasteiger partial charge is 0.329 e. The third-order valence-electron chi connectivity index (χ3n) is 2.76. The van der Waals surface area contributed by atoms with Gasteiger partial charge in [0.25, 0.3) is 0 Å². The van der Waals surface area contributed by atoms with Gasteiger partial charge in [-0.25, -0.2) is 9.59 Å². The van der Waals surface area contributed by atoms with Crippen LogP contribution in [0.2, 0.25) is 0 Å². The number of hydrogen-bond donors (Lipinski definition) is 2. The quantitative estimate of drug-likeness (QED) is 0.706. The Kier molecular flexibility index (Phi) is 5.46. The molecule has 100 valence electrons. The number of carbonyl (C=O) groups excluding carboxylic acids is 1. The van der Waals surface area contributed by atoms with Gasteiger partial charge in [0.1, 0.15) is 6.61 Å². The average Bonchev–Trinajstić information content (AvgIpc) is 2.36. The van der Waals surface area contributed by atoms with Gasteiger partial charge in [0.05, 0.1) is 12.1 Å². The Morgan fingerprint density at radius 3 is 2.67 bits per heavy atom. The summed E-state index contributed by atoms with van der Waals surface area (Å²) in [5.41, 5.74) is 0. The highest BCUT2D eigenvalue weighted by atomic mass is 16.5. The van der Waals surface area contributed by atoms with Crippen molar-refractivity contribution in [3.8, 4) is 12.3 Å². The second-order valence-electron chi connectivity index (χ2n) is 4.23. The normalized spacial score (nSPS) is 17.9. The van der Waals surface area contributed by atoms with Crippen molar-refractivity contribution >= 4 is 12.0 Å². The van der Waals surface area contributed by atoms with E-state index in [1.165, 1.54) is 0 Å². The number of carboxylic acid groups (broad SMARTS) is 1. The van der Waals surface area contributed by atoms with Gasteiger partial charge in [-0.05, 0) is 19.8 Å². The maximum atomic E-state index is 11.7. The van der Waals surface area contributed by atoms with Crippen LogP contribution in [0.3, 0.4) is 0 Å². The molecule has 6 nitrogen and oxygen atoms in total. The molecule has 0 spiro atoms. The van der Waals surface area contributed by atoms with E-state index in [2.05, 4.69) is 11.2 Å². The Balaban J connectivity index is 2.28. The number of likely N-dealkylation sites (tertiary alicyclic amines) is 1. The van der Waals surface area contributed by atoms with Gasteiger partial charge in [0, 0.05) is 13.1 Å². The number of piperidine rings is 1. The minimum absolute atomic E-state index is 0.0878. The summed E-state index contributed by atoms with van der Waals surface area (Å²) in [6.07, 6.45) is 6.38. The molecule has 0 saturated carbocycles. The van der Waals surface area contributed by atoms with Crippen molar-refractivity contribution in [1.29, 1.82) is 0 Å². The summed E-state index contributed by atoms with van der Waals surface area (Å²) in [5, 5.41) is 11.2. The van der Waals surface area contributed by atoms with Gasteiger partial charge in [-0.2, -0.15) is 0 Å². The first-order valence-corrected chi connectivity index (χ1v) is 5.88. The van der Waals surface area contributed by atoms with Crippen LogP contribution in [0.25, 0.3) is 0 Å². The summed E-state index contributed by atoms with van der Waals surface area (Å²) in [5.74, 6) is 1.45. The Morgan fingerprint density at radius 1 is 1.56 bits per heavy atom. The number of rotatable bonds is 4. The van der Waals surface area contributed by atoms with Crippen LogP contribution in [0.1, 0.15) is 19.8 Å². The van der Waals surface area contributed by atoms with Gasteiger partial charge in [-0.15, -0.1) is 6.42 Å². The molecule has 0 aliphatic carbocycles. The van der Waals surface area contributed by atoms with E-state index in [9.17, 15) is 9.59 Å². The summed E-state index contributed by atoms with van der Waals surface area (Å²) in [6, 6.07) is -0.476. The minimum atomic E-state index is -0.974. The number of terminal acetylenes is 1. The van der Waals surface area contributed by atoms with Crippen LogP contribution in [0, 0.1) is 12.3 Å². The van der Waals surface area contributed by atoms with Gasteiger partial charge < -0.3 is 20.1 Å². The van der Waals surface area contributed by atoms with E-state index in [-0.39, 0.29) is 24.8 Å². The van der Waals surface area contributed by atoms with Gasteiger partial charge >= 0.3 is 12.0 Å². The van der Waals surface area contributed by atoms with Crippen LogP contribution < -0.4 is 5.32 Å². The fourth-order valence-electron chi connectivity index (χ4n) is 1.73. The minimum Gasteiger partial charge on any atom is -0.480 e. The molecule has 1 rings (SSSR count). The number of urea groups is 1. The zero-order chi connectivity index (χ0) is 13.5. The van der Waals surface area contributed by atoms with E-state index in [4.69, 9.17) is 16.3 Å². The van der Waals surface area contributed by atoms with Gasteiger partial charge in [-0.1, -0.05) is 5.92 Å². The maximum absolute atomic E-state index is 11.7. The number of amides is 2. The third kappa shape index (κ3) is 4.63. The Hall–Kier alpha value is -1.74. The van der Waals surface area contributed by atoms with Crippen molar-refractivity contribution in [2.75, 3.05) is 19.7 Å². The lowest BCUT2D eigenvalue weighted by molar-refractivity contribution is -0.145. The molecular weight excluding hydrogens is 236 g/mol. The summed E-state index contributed by atoms with van der Waals surface area (Å²) < 4.78 is 5.18. The number of nitrogens with zero attached hydrogens (tertiary/aromatic N) is 1. The third-order valence-corrected chi connectivity index (χ3v) is 2.76. The van der Waals surface area contributed by atoms with Crippen molar-refractivity contribution in [3.05, 3.63) is 0 Å².